The van der Waals surface area contributed by atoms with Crippen LogP contribution in [0.2, 0.25) is 0 Å². The van der Waals surface area contributed by atoms with Gasteiger partial charge >= 0.3 is 18.1 Å². The Hall–Kier alpha value is -3.96. The van der Waals surface area contributed by atoms with E-state index in [0.29, 0.717) is 17.5 Å². The molecule has 40 heavy (non-hydrogen) atoms. The minimum Gasteiger partial charge on any atom is -0.460 e. The molecule has 2 heterocycles. The number of hydrogen-bond donors (Lipinski definition) is 2. The molecule has 12 nitrogen and oxygen atoms in total. The van der Waals surface area contributed by atoms with Gasteiger partial charge in [0.1, 0.15) is 22.6 Å². The molecule has 1 aromatic rings. The number of rotatable bonds is 6. The third-order valence-corrected chi connectivity index (χ3v) is 6.37. The summed E-state index contributed by atoms with van der Waals surface area (Å²) in [6, 6.07) is 5.88. The van der Waals surface area contributed by atoms with E-state index in [2.05, 4.69) is 10.3 Å². The lowest BCUT2D eigenvalue weighted by atomic mass is 9.87. The summed E-state index contributed by atoms with van der Waals surface area (Å²) in [6.45, 7) is 11.2. The van der Waals surface area contributed by atoms with Crippen LogP contribution in [0.3, 0.4) is 0 Å². The Labute approximate surface area is 234 Å². The maximum absolute atomic E-state index is 13.2. The number of amidine groups is 1. The van der Waals surface area contributed by atoms with Gasteiger partial charge in [-0.25, -0.2) is 9.59 Å². The number of urea groups is 1. The first-order chi connectivity index (χ1) is 18.5. The Bertz CT molecular complexity index is 1190. The van der Waals surface area contributed by atoms with Crippen LogP contribution < -0.4 is 11.1 Å². The number of amides is 5. The van der Waals surface area contributed by atoms with E-state index in [-0.39, 0.29) is 62.5 Å². The fourth-order valence-electron chi connectivity index (χ4n) is 4.50. The Balaban J connectivity index is 1.55. The summed E-state index contributed by atoms with van der Waals surface area (Å²) < 4.78 is 10.4. The number of ether oxygens (including phenoxy) is 2. The third kappa shape index (κ3) is 7.80. The van der Waals surface area contributed by atoms with Crippen molar-refractivity contribution in [2.75, 3.05) is 19.6 Å². The molecule has 12 heteroatoms. The highest BCUT2D eigenvalue weighted by Gasteiger charge is 2.52. The van der Waals surface area contributed by atoms with Gasteiger partial charge in [0.15, 0.2) is 0 Å². The standard InChI is InChI=1S/C28H39N5O7/c1-26(2,3)39-20(34)8-7-15-33-23(36)28(31-24(33)37)13-16-32(17-14-28)22(35)19-11-9-18(10-12-19)21(29)30-25(38)40-27(4,5)6/h9-12H,7-8,13-17H2,1-6H3,(H,31,37)(H2,29,30,38). The van der Waals surface area contributed by atoms with E-state index in [0.717, 1.165) is 4.90 Å². The normalized spacial score (nSPS) is 17.6. The van der Waals surface area contributed by atoms with Crippen molar-refractivity contribution in [1.82, 2.24) is 15.1 Å². The van der Waals surface area contributed by atoms with E-state index in [4.69, 9.17) is 15.2 Å². The van der Waals surface area contributed by atoms with E-state index in [1.807, 2.05) is 0 Å². The molecule has 0 radical (unpaired) electrons. The van der Waals surface area contributed by atoms with Gasteiger partial charge in [-0.15, -0.1) is 0 Å². The molecule has 2 aliphatic rings. The summed E-state index contributed by atoms with van der Waals surface area (Å²) in [5.74, 6) is -0.973. The first kappa shape index (κ1) is 30.6. The molecule has 0 aliphatic carbocycles. The predicted molar refractivity (Wildman–Crippen MR) is 147 cm³/mol. The molecule has 0 bridgehead atoms. The van der Waals surface area contributed by atoms with Crippen LogP contribution in [0.5, 0.6) is 0 Å². The number of piperidine rings is 1. The van der Waals surface area contributed by atoms with E-state index in [1.54, 1.807) is 70.7 Å². The highest BCUT2D eigenvalue weighted by atomic mass is 16.6. The van der Waals surface area contributed by atoms with Crippen molar-refractivity contribution in [2.45, 2.75) is 84.0 Å². The minimum absolute atomic E-state index is 0.0284. The summed E-state index contributed by atoms with van der Waals surface area (Å²) in [5.41, 5.74) is 4.44. The molecule has 1 aromatic carbocycles. The molecule has 1 spiro atoms. The molecule has 218 valence electrons. The monoisotopic (exact) mass is 557 g/mol. The first-order valence-electron chi connectivity index (χ1n) is 13.3. The Morgan fingerprint density at radius 2 is 1.50 bits per heavy atom. The number of nitrogens with two attached hydrogens (primary N) is 1. The molecule has 2 aliphatic heterocycles. The maximum atomic E-state index is 13.2. The largest absolute Gasteiger partial charge is 0.460 e. The molecular formula is C28H39N5O7. The smallest absolute Gasteiger partial charge is 0.436 e. The van der Waals surface area contributed by atoms with Gasteiger partial charge in [0.2, 0.25) is 0 Å². The van der Waals surface area contributed by atoms with Gasteiger partial charge in [-0.1, -0.05) is 12.1 Å². The summed E-state index contributed by atoms with van der Waals surface area (Å²) in [7, 11) is 0. The van der Waals surface area contributed by atoms with Crippen molar-refractivity contribution >= 4 is 35.7 Å². The zero-order chi connectivity index (χ0) is 29.9. The third-order valence-electron chi connectivity index (χ3n) is 6.37. The minimum atomic E-state index is -1.06. The number of carbonyl (C=O) groups is 5. The fraction of sp³-hybridized carbons (Fsp3) is 0.571. The number of nitrogens with one attached hydrogen (secondary N) is 1. The molecule has 3 rings (SSSR count). The van der Waals surface area contributed by atoms with E-state index in [9.17, 15) is 24.0 Å². The van der Waals surface area contributed by atoms with Gasteiger partial charge < -0.3 is 25.4 Å². The van der Waals surface area contributed by atoms with Crippen molar-refractivity contribution in [1.29, 1.82) is 0 Å². The molecule has 0 atom stereocenters. The van der Waals surface area contributed by atoms with Gasteiger partial charge in [-0.3, -0.25) is 19.3 Å². The average Bonchev–Trinajstić information content (AvgIpc) is 3.05. The lowest BCUT2D eigenvalue weighted by molar-refractivity contribution is -0.155. The zero-order valence-corrected chi connectivity index (χ0v) is 24.0. The van der Waals surface area contributed by atoms with Crippen molar-refractivity contribution in [3.63, 3.8) is 0 Å². The van der Waals surface area contributed by atoms with Crippen molar-refractivity contribution in [2.24, 2.45) is 10.7 Å². The quantitative estimate of drug-likeness (QED) is 0.234. The number of benzene rings is 1. The topological polar surface area (TPSA) is 161 Å². The van der Waals surface area contributed by atoms with Crippen LogP contribution in [-0.2, 0) is 19.1 Å². The molecule has 2 saturated heterocycles. The van der Waals surface area contributed by atoms with Crippen LogP contribution in [0.4, 0.5) is 9.59 Å². The van der Waals surface area contributed by atoms with E-state index in [1.165, 1.54) is 0 Å². The van der Waals surface area contributed by atoms with Crippen LogP contribution >= 0.6 is 0 Å². The number of carbonyl (C=O) groups excluding carboxylic acids is 5. The molecule has 0 saturated carbocycles. The van der Waals surface area contributed by atoms with Crippen molar-refractivity contribution in [3.8, 4) is 0 Å². The Morgan fingerprint density at radius 3 is 2.05 bits per heavy atom. The van der Waals surface area contributed by atoms with Crippen LogP contribution in [-0.4, -0.2) is 81.9 Å². The average molecular weight is 558 g/mol. The van der Waals surface area contributed by atoms with Crippen LogP contribution in [0.1, 0.15) is 83.1 Å². The summed E-state index contributed by atoms with van der Waals surface area (Å²) in [5, 5.41) is 2.81. The van der Waals surface area contributed by atoms with Crippen LogP contribution in [0, 0.1) is 0 Å². The number of likely N-dealkylation sites (tertiary alicyclic amines) is 1. The van der Waals surface area contributed by atoms with Crippen molar-refractivity contribution in [3.05, 3.63) is 35.4 Å². The summed E-state index contributed by atoms with van der Waals surface area (Å²) in [4.78, 5) is 69.2. The number of nitrogens with zero attached hydrogens (tertiary/aromatic N) is 3. The molecular weight excluding hydrogens is 518 g/mol. The predicted octanol–water partition coefficient (Wildman–Crippen LogP) is 2.98. The highest BCUT2D eigenvalue weighted by Crippen LogP contribution is 2.30. The molecule has 2 fully saturated rings. The Morgan fingerprint density at radius 1 is 0.950 bits per heavy atom. The number of imide groups is 1. The second kappa shape index (κ2) is 11.6. The lowest BCUT2D eigenvalue weighted by Gasteiger charge is -2.37. The Kier molecular flexibility index (Phi) is 8.90. The lowest BCUT2D eigenvalue weighted by Crippen LogP contribution is -2.55. The zero-order valence-electron chi connectivity index (χ0n) is 24.0. The van der Waals surface area contributed by atoms with Gasteiger partial charge in [0.25, 0.3) is 11.8 Å². The summed E-state index contributed by atoms with van der Waals surface area (Å²) >= 11 is 0. The first-order valence-corrected chi connectivity index (χ1v) is 13.3. The fourth-order valence-corrected chi connectivity index (χ4v) is 4.50. The van der Waals surface area contributed by atoms with Gasteiger partial charge in [-0.05, 0) is 72.9 Å². The number of esters is 1. The van der Waals surface area contributed by atoms with Gasteiger partial charge in [-0.2, -0.15) is 4.99 Å². The number of aliphatic imine (C=N–C) groups is 1. The van der Waals surface area contributed by atoms with E-state index < -0.39 is 28.9 Å². The number of hydrogen-bond acceptors (Lipinski definition) is 7. The van der Waals surface area contributed by atoms with Crippen LogP contribution in [0.15, 0.2) is 29.3 Å². The van der Waals surface area contributed by atoms with Gasteiger partial charge in [0, 0.05) is 37.2 Å². The maximum Gasteiger partial charge on any atom is 0.436 e. The van der Waals surface area contributed by atoms with Crippen LogP contribution in [0.25, 0.3) is 0 Å². The second-order valence-electron chi connectivity index (χ2n) is 12.0. The molecule has 3 N–H and O–H groups in total. The highest BCUT2D eigenvalue weighted by molar-refractivity contribution is 6.07. The summed E-state index contributed by atoms with van der Waals surface area (Å²) in [6.07, 6.45) is 0.153. The van der Waals surface area contributed by atoms with E-state index >= 15 is 0 Å². The second-order valence-corrected chi connectivity index (χ2v) is 12.0. The molecule has 5 amide bonds. The molecule has 0 unspecified atom stereocenters. The van der Waals surface area contributed by atoms with Gasteiger partial charge in [0.05, 0.1) is 0 Å². The van der Waals surface area contributed by atoms with Crippen molar-refractivity contribution < 1.29 is 33.4 Å². The SMILES string of the molecule is CC(C)(C)OC(=O)CCCN1C(=O)NC2(CCN(C(=O)c3ccc(C(N)=NC(=O)OC(C)(C)C)cc3)CC2)C1=O. The molecule has 0 aromatic heterocycles.